The molecule has 10 heteroatoms. The van der Waals surface area contributed by atoms with Crippen molar-refractivity contribution in [1.82, 2.24) is 14.4 Å². The lowest BCUT2D eigenvalue weighted by atomic mass is 10.1. The minimum absolute atomic E-state index is 0.0909. The number of aromatic nitrogens is 2. The van der Waals surface area contributed by atoms with E-state index in [1.165, 1.54) is 27.8 Å². The van der Waals surface area contributed by atoms with Gasteiger partial charge in [0.05, 0.1) is 10.5 Å². The maximum Gasteiger partial charge on any atom is 0.338 e. The second-order valence-electron chi connectivity index (χ2n) is 6.17. The fourth-order valence-electron chi connectivity index (χ4n) is 2.74. The number of esters is 1. The van der Waals surface area contributed by atoms with E-state index in [2.05, 4.69) is 10.1 Å². The monoisotopic (exact) mass is 435 g/mol. The molecule has 0 saturated carbocycles. The number of benzene rings is 1. The van der Waals surface area contributed by atoms with E-state index in [0.717, 1.165) is 5.56 Å². The highest BCUT2D eigenvalue weighted by atomic mass is 32.2. The van der Waals surface area contributed by atoms with Crippen molar-refractivity contribution in [2.45, 2.75) is 32.3 Å². The van der Waals surface area contributed by atoms with Gasteiger partial charge < -0.3 is 9.26 Å². The number of nitrogens with zero attached hydrogens (tertiary/aromatic N) is 3. The van der Waals surface area contributed by atoms with Gasteiger partial charge in [0.15, 0.2) is 6.61 Å². The van der Waals surface area contributed by atoms with Crippen LogP contribution in [0.5, 0.6) is 0 Å². The van der Waals surface area contributed by atoms with Gasteiger partial charge in [0.2, 0.25) is 15.8 Å². The van der Waals surface area contributed by atoms with Crippen LogP contribution in [0, 0.1) is 6.92 Å². The molecule has 0 aliphatic rings. The molecule has 0 unspecified atom stereocenters. The minimum atomic E-state index is -3.69. The van der Waals surface area contributed by atoms with Crippen LogP contribution in [-0.2, 0) is 21.4 Å². The van der Waals surface area contributed by atoms with Crippen LogP contribution >= 0.6 is 11.3 Å². The van der Waals surface area contributed by atoms with Gasteiger partial charge in [-0.05, 0) is 36.1 Å². The van der Waals surface area contributed by atoms with Crippen LogP contribution in [0.1, 0.15) is 35.7 Å². The third-order valence-corrected chi connectivity index (χ3v) is 7.20. The highest BCUT2D eigenvalue weighted by molar-refractivity contribution is 7.89. The Labute approximate surface area is 173 Å². The van der Waals surface area contributed by atoms with Crippen molar-refractivity contribution in [2.75, 3.05) is 13.1 Å². The summed E-state index contributed by atoms with van der Waals surface area (Å²) in [5, 5.41) is 7.63. The van der Waals surface area contributed by atoms with E-state index in [-0.39, 0.29) is 23.0 Å². The van der Waals surface area contributed by atoms with E-state index in [0.29, 0.717) is 24.5 Å². The third kappa shape index (κ3) is 4.55. The standard InChI is InChI=1S/C19H21N3O5S2/c1-4-22(5-2)29(24,25)16-10-14(7-6-13(16)3)19(23)26-11-17-20-18(21-27-17)15-8-9-28-12-15/h6-10,12H,4-5,11H2,1-3H3. The van der Waals surface area contributed by atoms with Crippen molar-refractivity contribution in [3.05, 3.63) is 52.0 Å². The first-order valence-electron chi connectivity index (χ1n) is 8.99. The largest absolute Gasteiger partial charge is 0.452 e. The minimum Gasteiger partial charge on any atom is -0.452 e. The molecule has 2 heterocycles. The van der Waals surface area contributed by atoms with E-state index >= 15 is 0 Å². The third-order valence-electron chi connectivity index (χ3n) is 4.32. The summed E-state index contributed by atoms with van der Waals surface area (Å²) in [4.78, 5) is 16.7. The summed E-state index contributed by atoms with van der Waals surface area (Å²) in [7, 11) is -3.69. The van der Waals surface area contributed by atoms with Crippen LogP contribution in [0.4, 0.5) is 0 Å². The second-order valence-corrected chi connectivity index (χ2v) is 8.86. The zero-order valence-corrected chi connectivity index (χ0v) is 17.9. The summed E-state index contributed by atoms with van der Waals surface area (Å²) in [5.74, 6) is -0.0980. The smallest absolute Gasteiger partial charge is 0.338 e. The predicted octanol–water partition coefficient (Wildman–Crippen LogP) is 3.49. The van der Waals surface area contributed by atoms with Gasteiger partial charge in [-0.2, -0.15) is 20.6 Å². The number of rotatable bonds is 8. The average Bonchev–Trinajstić information content (AvgIpc) is 3.38. The number of carbonyl (C=O) groups is 1. The Balaban J connectivity index is 1.75. The Bertz CT molecular complexity index is 1090. The molecule has 0 bridgehead atoms. The lowest BCUT2D eigenvalue weighted by Gasteiger charge is -2.20. The molecule has 29 heavy (non-hydrogen) atoms. The number of hydrogen-bond donors (Lipinski definition) is 0. The molecule has 3 rings (SSSR count). The van der Waals surface area contributed by atoms with Crippen molar-refractivity contribution in [1.29, 1.82) is 0 Å². The van der Waals surface area contributed by atoms with Crippen LogP contribution < -0.4 is 0 Å². The summed E-state index contributed by atoms with van der Waals surface area (Å²) in [6, 6.07) is 6.32. The van der Waals surface area contributed by atoms with Gasteiger partial charge in [-0.1, -0.05) is 25.1 Å². The molecule has 0 atom stereocenters. The molecule has 0 aliphatic heterocycles. The maximum absolute atomic E-state index is 12.8. The Hall–Kier alpha value is -2.56. The molecule has 0 radical (unpaired) electrons. The van der Waals surface area contributed by atoms with E-state index in [4.69, 9.17) is 9.26 Å². The van der Waals surface area contributed by atoms with Crippen LogP contribution in [0.2, 0.25) is 0 Å². The molecule has 0 amide bonds. The summed E-state index contributed by atoms with van der Waals surface area (Å²) >= 11 is 1.51. The molecular weight excluding hydrogens is 414 g/mol. The highest BCUT2D eigenvalue weighted by Gasteiger charge is 2.25. The Morgan fingerprint density at radius 1 is 1.24 bits per heavy atom. The number of sulfonamides is 1. The van der Waals surface area contributed by atoms with Gasteiger partial charge in [-0.15, -0.1) is 0 Å². The molecule has 0 saturated heterocycles. The summed E-state index contributed by atoms with van der Waals surface area (Å²) in [6.07, 6.45) is 0. The number of thiophene rings is 1. The van der Waals surface area contributed by atoms with Crippen molar-refractivity contribution in [2.24, 2.45) is 0 Å². The van der Waals surface area contributed by atoms with Crippen LogP contribution in [0.3, 0.4) is 0 Å². The fraction of sp³-hybridized carbons (Fsp3) is 0.316. The van der Waals surface area contributed by atoms with Crippen LogP contribution in [0.15, 0.2) is 44.4 Å². The molecule has 2 aromatic heterocycles. The zero-order valence-electron chi connectivity index (χ0n) is 16.3. The summed E-state index contributed by atoms with van der Waals surface area (Å²) in [6.45, 7) is 5.71. The maximum atomic E-state index is 12.8. The Kier molecular flexibility index (Phi) is 6.46. The molecule has 0 aliphatic carbocycles. The van der Waals surface area contributed by atoms with Gasteiger partial charge in [0, 0.05) is 24.0 Å². The Morgan fingerprint density at radius 3 is 2.66 bits per heavy atom. The van der Waals surface area contributed by atoms with Gasteiger partial charge in [0.25, 0.3) is 5.89 Å². The van der Waals surface area contributed by atoms with Crippen molar-refractivity contribution in [3.63, 3.8) is 0 Å². The normalized spacial score (nSPS) is 11.7. The lowest BCUT2D eigenvalue weighted by Crippen LogP contribution is -2.31. The number of ether oxygens (including phenoxy) is 1. The Morgan fingerprint density at radius 2 is 2.00 bits per heavy atom. The zero-order chi connectivity index (χ0) is 21.0. The van der Waals surface area contributed by atoms with E-state index in [9.17, 15) is 13.2 Å². The summed E-state index contributed by atoms with van der Waals surface area (Å²) in [5.41, 5.74) is 1.52. The average molecular weight is 436 g/mol. The number of hydrogen-bond acceptors (Lipinski definition) is 8. The first-order chi connectivity index (χ1) is 13.9. The van der Waals surface area contributed by atoms with Gasteiger partial charge >= 0.3 is 5.97 Å². The topological polar surface area (TPSA) is 103 Å². The molecular formula is C19H21N3O5S2. The molecule has 8 nitrogen and oxygen atoms in total. The summed E-state index contributed by atoms with van der Waals surface area (Å²) < 4.78 is 37.3. The first kappa shape index (κ1) is 21.2. The SMILES string of the molecule is CCN(CC)S(=O)(=O)c1cc(C(=O)OCc2nc(-c3ccsc3)no2)ccc1C. The van der Waals surface area contributed by atoms with E-state index < -0.39 is 16.0 Å². The molecule has 0 spiro atoms. The first-order valence-corrected chi connectivity index (χ1v) is 11.4. The lowest BCUT2D eigenvalue weighted by molar-refractivity contribution is 0.0429. The molecule has 154 valence electrons. The van der Waals surface area contributed by atoms with Gasteiger partial charge in [0.1, 0.15) is 0 Å². The van der Waals surface area contributed by atoms with Gasteiger partial charge in [-0.3, -0.25) is 0 Å². The number of aryl methyl sites for hydroxylation is 1. The molecule has 3 aromatic rings. The van der Waals surface area contributed by atoms with Crippen LogP contribution in [0.25, 0.3) is 11.4 Å². The quantitative estimate of drug-likeness (QED) is 0.499. The predicted molar refractivity (Wildman–Crippen MR) is 108 cm³/mol. The van der Waals surface area contributed by atoms with Crippen molar-refractivity contribution in [3.8, 4) is 11.4 Å². The van der Waals surface area contributed by atoms with Crippen molar-refractivity contribution < 1.29 is 22.5 Å². The number of carbonyl (C=O) groups excluding carboxylic acids is 1. The van der Waals surface area contributed by atoms with Gasteiger partial charge in [-0.25, -0.2) is 13.2 Å². The van der Waals surface area contributed by atoms with E-state index in [1.807, 2.05) is 16.8 Å². The molecule has 0 N–H and O–H groups in total. The van der Waals surface area contributed by atoms with Crippen LogP contribution in [-0.4, -0.2) is 41.9 Å². The molecule has 1 aromatic carbocycles. The highest BCUT2D eigenvalue weighted by Crippen LogP contribution is 2.22. The van der Waals surface area contributed by atoms with E-state index in [1.54, 1.807) is 26.8 Å². The second kappa shape index (κ2) is 8.85. The fourth-order valence-corrected chi connectivity index (χ4v) is 5.08. The molecule has 0 fully saturated rings. The van der Waals surface area contributed by atoms with Crippen molar-refractivity contribution >= 4 is 27.3 Å².